The fraction of sp³-hybridized carbons (Fsp3) is 0.667. The van der Waals surface area contributed by atoms with Crippen LogP contribution in [-0.2, 0) is 4.79 Å². The third kappa shape index (κ3) is 2.92. The van der Waals surface area contributed by atoms with E-state index in [2.05, 4.69) is 14.9 Å². The molecule has 2 aliphatic heterocycles. The van der Waals surface area contributed by atoms with E-state index in [1.165, 1.54) is 12.8 Å². The second-order valence-corrected chi connectivity index (χ2v) is 5.86. The van der Waals surface area contributed by atoms with Crippen LogP contribution in [0.1, 0.15) is 31.5 Å². The van der Waals surface area contributed by atoms with Crippen molar-refractivity contribution in [3.8, 4) is 0 Å². The molecular formula is C15H22N4O. The molecule has 3 rings (SSSR count). The average Bonchev–Trinajstić information content (AvgIpc) is 2.85. The van der Waals surface area contributed by atoms with Crippen LogP contribution >= 0.6 is 0 Å². The Labute approximate surface area is 120 Å². The highest BCUT2D eigenvalue weighted by Gasteiger charge is 2.27. The first-order valence-electron chi connectivity index (χ1n) is 7.55. The van der Waals surface area contributed by atoms with Crippen molar-refractivity contribution in [1.29, 1.82) is 0 Å². The summed E-state index contributed by atoms with van der Waals surface area (Å²) in [5, 5.41) is 0. The van der Waals surface area contributed by atoms with Crippen molar-refractivity contribution < 1.29 is 4.79 Å². The van der Waals surface area contributed by atoms with Gasteiger partial charge in [-0.05, 0) is 38.2 Å². The zero-order chi connectivity index (χ0) is 13.9. The van der Waals surface area contributed by atoms with E-state index in [4.69, 9.17) is 0 Å². The van der Waals surface area contributed by atoms with Gasteiger partial charge in [0.15, 0.2) is 0 Å². The zero-order valence-electron chi connectivity index (χ0n) is 12.1. The Morgan fingerprint density at radius 2 is 2.25 bits per heavy atom. The highest BCUT2D eigenvalue weighted by molar-refractivity contribution is 5.78. The van der Waals surface area contributed by atoms with Crippen molar-refractivity contribution in [1.82, 2.24) is 14.9 Å². The molecule has 1 aromatic heterocycles. The van der Waals surface area contributed by atoms with Crippen molar-refractivity contribution in [3.63, 3.8) is 0 Å². The topological polar surface area (TPSA) is 49.3 Å². The number of piperidine rings is 1. The minimum atomic E-state index is 0.333. The number of anilines is 1. The van der Waals surface area contributed by atoms with Gasteiger partial charge in [0.25, 0.3) is 0 Å². The second-order valence-electron chi connectivity index (χ2n) is 5.86. The van der Waals surface area contributed by atoms with E-state index in [1.807, 2.05) is 24.1 Å². The van der Waals surface area contributed by atoms with Crippen LogP contribution in [0.15, 0.2) is 12.3 Å². The quantitative estimate of drug-likeness (QED) is 0.840. The van der Waals surface area contributed by atoms with Gasteiger partial charge >= 0.3 is 0 Å². The average molecular weight is 274 g/mol. The monoisotopic (exact) mass is 274 g/mol. The third-order valence-corrected chi connectivity index (χ3v) is 4.25. The van der Waals surface area contributed by atoms with E-state index in [-0.39, 0.29) is 0 Å². The van der Waals surface area contributed by atoms with Gasteiger partial charge in [0.2, 0.25) is 5.91 Å². The smallest absolute Gasteiger partial charge is 0.222 e. The normalized spacial score (nSPS) is 23.4. The van der Waals surface area contributed by atoms with Crippen LogP contribution < -0.4 is 4.90 Å². The summed E-state index contributed by atoms with van der Waals surface area (Å²) >= 11 is 0. The molecule has 0 bridgehead atoms. The molecule has 0 N–H and O–H groups in total. The van der Waals surface area contributed by atoms with Gasteiger partial charge in [0.05, 0.1) is 0 Å². The molecule has 1 atom stereocenters. The molecule has 0 unspecified atom stereocenters. The van der Waals surface area contributed by atoms with E-state index < -0.39 is 0 Å². The first-order chi connectivity index (χ1) is 9.72. The number of hydrogen-bond acceptors (Lipinski definition) is 4. The minimum Gasteiger partial charge on any atom is -0.356 e. The van der Waals surface area contributed by atoms with Gasteiger partial charge in [0, 0.05) is 38.8 Å². The maximum atomic E-state index is 11.7. The fourth-order valence-electron chi connectivity index (χ4n) is 3.25. The van der Waals surface area contributed by atoms with Gasteiger partial charge in [-0.25, -0.2) is 9.97 Å². The molecule has 3 heterocycles. The molecule has 2 saturated heterocycles. The maximum absolute atomic E-state index is 11.7. The summed E-state index contributed by atoms with van der Waals surface area (Å²) in [5.41, 5.74) is 0. The van der Waals surface area contributed by atoms with Crippen molar-refractivity contribution in [2.75, 3.05) is 31.1 Å². The van der Waals surface area contributed by atoms with Crippen molar-refractivity contribution >= 4 is 11.7 Å². The molecule has 1 aromatic rings. The van der Waals surface area contributed by atoms with Gasteiger partial charge in [-0.15, -0.1) is 0 Å². The summed E-state index contributed by atoms with van der Waals surface area (Å²) in [6, 6.07) is 1.98. The van der Waals surface area contributed by atoms with Crippen LogP contribution in [0.3, 0.4) is 0 Å². The standard InChI is InChI=1S/C15H22N4O/c1-12-16-7-6-14(17-12)18-8-2-4-13(10-18)11-19-9-3-5-15(19)20/h6-7,13H,2-5,8-11H2,1H3/t13-/m1/s1. The number of aryl methyl sites for hydroxylation is 1. The number of nitrogens with zero attached hydrogens (tertiary/aromatic N) is 4. The Hall–Kier alpha value is -1.65. The number of carbonyl (C=O) groups is 1. The minimum absolute atomic E-state index is 0.333. The Balaban J connectivity index is 1.63. The SMILES string of the molecule is Cc1nccc(N2CCC[C@@H](CN3CCCC3=O)C2)n1. The Morgan fingerprint density at radius 1 is 1.35 bits per heavy atom. The van der Waals surface area contributed by atoms with Crippen molar-refractivity contribution in [3.05, 3.63) is 18.1 Å². The molecule has 0 aliphatic carbocycles. The van der Waals surface area contributed by atoms with Gasteiger partial charge in [-0.2, -0.15) is 0 Å². The molecule has 1 amide bonds. The van der Waals surface area contributed by atoms with E-state index >= 15 is 0 Å². The van der Waals surface area contributed by atoms with Crippen LogP contribution in [-0.4, -0.2) is 47.0 Å². The molecule has 20 heavy (non-hydrogen) atoms. The lowest BCUT2D eigenvalue weighted by Crippen LogP contribution is -2.41. The van der Waals surface area contributed by atoms with E-state index in [1.54, 1.807) is 0 Å². The summed E-state index contributed by atoms with van der Waals surface area (Å²) in [5.74, 6) is 2.75. The van der Waals surface area contributed by atoms with Gasteiger partial charge in [-0.1, -0.05) is 0 Å². The van der Waals surface area contributed by atoms with E-state index in [0.29, 0.717) is 11.8 Å². The van der Waals surface area contributed by atoms with Crippen LogP contribution in [0, 0.1) is 12.8 Å². The van der Waals surface area contributed by atoms with Crippen LogP contribution in [0.2, 0.25) is 0 Å². The van der Waals surface area contributed by atoms with Crippen LogP contribution in [0.25, 0.3) is 0 Å². The molecule has 108 valence electrons. The number of hydrogen-bond donors (Lipinski definition) is 0. The largest absolute Gasteiger partial charge is 0.356 e. The zero-order valence-corrected chi connectivity index (χ0v) is 12.1. The summed E-state index contributed by atoms with van der Waals surface area (Å²) in [4.78, 5) is 24.8. The summed E-state index contributed by atoms with van der Waals surface area (Å²) in [7, 11) is 0. The lowest BCUT2D eigenvalue weighted by molar-refractivity contribution is -0.128. The molecule has 2 aliphatic rings. The van der Waals surface area contributed by atoms with Gasteiger partial charge < -0.3 is 9.80 Å². The molecular weight excluding hydrogens is 252 g/mol. The van der Waals surface area contributed by atoms with Crippen LogP contribution in [0.5, 0.6) is 0 Å². The third-order valence-electron chi connectivity index (χ3n) is 4.25. The number of amides is 1. The molecule has 2 fully saturated rings. The highest BCUT2D eigenvalue weighted by atomic mass is 16.2. The Morgan fingerprint density at radius 3 is 3.00 bits per heavy atom. The summed E-state index contributed by atoms with van der Waals surface area (Å²) < 4.78 is 0. The Kier molecular flexibility index (Phi) is 3.85. The highest BCUT2D eigenvalue weighted by Crippen LogP contribution is 2.23. The predicted octanol–water partition coefficient (Wildman–Crippen LogP) is 1.62. The maximum Gasteiger partial charge on any atom is 0.222 e. The molecule has 5 heteroatoms. The summed E-state index contributed by atoms with van der Waals surface area (Å²) in [6.07, 6.45) is 5.98. The number of carbonyl (C=O) groups excluding carboxylic acids is 1. The number of likely N-dealkylation sites (tertiary alicyclic amines) is 1. The lowest BCUT2D eigenvalue weighted by atomic mass is 9.97. The van der Waals surface area contributed by atoms with Crippen LogP contribution in [0.4, 0.5) is 5.82 Å². The number of rotatable bonds is 3. The molecule has 0 spiro atoms. The van der Waals surface area contributed by atoms with Gasteiger partial charge in [0.1, 0.15) is 11.6 Å². The van der Waals surface area contributed by atoms with E-state index in [0.717, 1.165) is 50.7 Å². The molecule has 0 saturated carbocycles. The van der Waals surface area contributed by atoms with Crippen molar-refractivity contribution in [2.45, 2.75) is 32.6 Å². The molecule has 0 radical (unpaired) electrons. The van der Waals surface area contributed by atoms with Gasteiger partial charge in [-0.3, -0.25) is 4.79 Å². The number of aromatic nitrogens is 2. The second kappa shape index (κ2) is 5.77. The van der Waals surface area contributed by atoms with Crippen molar-refractivity contribution in [2.24, 2.45) is 5.92 Å². The summed E-state index contributed by atoms with van der Waals surface area (Å²) in [6.45, 7) is 5.84. The fourth-order valence-corrected chi connectivity index (χ4v) is 3.25. The predicted molar refractivity (Wildman–Crippen MR) is 77.5 cm³/mol. The molecule has 5 nitrogen and oxygen atoms in total. The first-order valence-corrected chi connectivity index (χ1v) is 7.55. The first kappa shape index (κ1) is 13.3. The Bertz CT molecular complexity index is 491. The lowest BCUT2D eigenvalue weighted by Gasteiger charge is -2.35. The molecule has 0 aromatic carbocycles. The van der Waals surface area contributed by atoms with E-state index in [9.17, 15) is 4.79 Å².